The Morgan fingerprint density at radius 1 is 1.25 bits per heavy atom. The van der Waals surface area contributed by atoms with Crippen LogP contribution in [0.5, 0.6) is 5.75 Å². The highest BCUT2D eigenvalue weighted by Gasteiger charge is 2.26. The van der Waals surface area contributed by atoms with Crippen LogP contribution >= 0.6 is 0 Å². The second-order valence-electron chi connectivity index (χ2n) is 6.44. The molecule has 4 atom stereocenters. The third-order valence-corrected chi connectivity index (χ3v) is 4.63. The highest BCUT2D eigenvalue weighted by molar-refractivity contribution is 5.40. The number of nitrogens with two attached hydrogens (primary N) is 1. The Bertz CT molecular complexity index is 472. The number of halogens is 1. The summed E-state index contributed by atoms with van der Waals surface area (Å²) in [6.07, 6.45) is 3.55. The van der Waals surface area contributed by atoms with E-state index in [-0.39, 0.29) is 18.0 Å². The molecule has 1 aliphatic carbocycles. The molecule has 1 fully saturated rings. The fraction of sp³-hybridized carbons (Fsp3) is 0.647. The summed E-state index contributed by atoms with van der Waals surface area (Å²) in [6, 6.07) is 3.08. The summed E-state index contributed by atoms with van der Waals surface area (Å²) in [5.41, 5.74) is 7.32. The second kappa shape index (κ2) is 6.13. The fourth-order valence-electron chi connectivity index (χ4n) is 2.91. The number of ether oxygens (including phenoxy) is 1. The van der Waals surface area contributed by atoms with Crippen molar-refractivity contribution in [2.24, 2.45) is 17.6 Å². The molecule has 0 bridgehead atoms. The largest absolute Gasteiger partial charge is 0.490 e. The van der Waals surface area contributed by atoms with Crippen LogP contribution in [0.15, 0.2) is 12.1 Å². The third kappa shape index (κ3) is 3.32. The van der Waals surface area contributed by atoms with Crippen molar-refractivity contribution in [3.63, 3.8) is 0 Å². The zero-order valence-corrected chi connectivity index (χ0v) is 12.9. The predicted molar refractivity (Wildman–Crippen MR) is 80.3 cm³/mol. The Morgan fingerprint density at radius 2 is 1.95 bits per heavy atom. The van der Waals surface area contributed by atoms with E-state index in [0.29, 0.717) is 11.5 Å². The van der Waals surface area contributed by atoms with Gasteiger partial charge in [0.2, 0.25) is 0 Å². The Hall–Kier alpha value is -1.09. The molecule has 2 N–H and O–H groups in total. The molecule has 0 saturated heterocycles. The highest BCUT2D eigenvalue weighted by atomic mass is 19.1. The molecule has 0 amide bonds. The quantitative estimate of drug-likeness (QED) is 0.892. The second-order valence-corrected chi connectivity index (χ2v) is 6.44. The Morgan fingerprint density at radius 3 is 2.55 bits per heavy atom. The number of hydrogen-bond donors (Lipinski definition) is 1. The summed E-state index contributed by atoms with van der Waals surface area (Å²) in [4.78, 5) is 0. The van der Waals surface area contributed by atoms with Crippen LogP contribution in [0, 0.1) is 24.6 Å². The molecule has 0 heterocycles. The Labute approximate surface area is 121 Å². The molecule has 1 aromatic rings. The van der Waals surface area contributed by atoms with Crippen LogP contribution in [0.4, 0.5) is 4.39 Å². The van der Waals surface area contributed by atoms with Gasteiger partial charge in [0.1, 0.15) is 11.6 Å². The minimum absolute atomic E-state index is 0.213. The van der Waals surface area contributed by atoms with Gasteiger partial charge in [0.05, 0.1) is 6.10 Å². The van der Waals surface area contributed by atoms with Gasteiger partial charge in [-0.2, -0.15) is 0 Å². The van der Waals surface area contributed by atoms with E-state index in [9.17, 15) is 4.39 Å². The van der Waals surface area contributed by atoms with E-state index < -0.39 is 0 Å². The van der Waals surface area contributed by atoms with Crippen LogP contribution in [0.2, 0.25) is 0 Å². The molecule has 3 heteroatoms. The van der Waals surface area contributed by atoms with Crippen molar-refractivity contribution in [3.8, 4) is 5.75 Å². The zero-order chi connectivity index (χ0) is 14.9. The lowest BCUT2D eigenvalue weighted by molar-refractivity contribution is 0.0992. The van der Waals surface area contributed by atoms with Crippen LogP contribution < -0.4 is 10.5 Å². The lowest BCUT2D eigenvalue weighted by Gasteiger charge is -2.33. The molecule has 1 saturated carbocycles. The molecule has 2 rings (SSSR count). The zero-order valence-electron chi connectivity index (χ0n) is 12.9. The average Bonchev–Trinajstić information content (AvgIpc) is 2.37. The SMILES string of the molecule is Cc1cc(OC2CCC(C)C(C)C2)c([C@H](C)N)cc1F. The Kier molecular flexibility index (Phi) is 4.69. The maximum atomic E-state index is 13.7. The van der Waals surface area contributed by atoms with E-state index in [2.05, 4.69) is 13.8 Å². The molecule has 0 aromatic heterocycles. The van der Waals surface area contributed by atoms with E-state index in [1.165, 1.54) is 12.5 Å². The van der Waals surface area contributed by atoms with Crippen molar-refractivity contribution in [2.75, 3.05) is 0 Å². The Balaban J connectivity index is 2.18. The van der Waals surface area contributed by atoms with Crippen LogP contribution in [0.25, 0.3) is 0 Å². The molecule has 20 heavy (non-hydrogen) atoms. The molecule has 0 spiro atoms. The van der Waals surface area contributed by atoms with Crippen molar-refractivity contribution >= 4 is 0 Å². The smallest absolute Gasteiger partial charge is 0.126 e. The van der Waals surface area contributed by atoms with Crippen LogP contribution in [0.1, 0.15) is 57.2 Å². The van der Waals surface area contributed by atoms with Crippen LogP contribution in [-0.2, 0) is 0 Å². The third-order valence-electron chi connectivity index (χ3n) is 4.63. The first-order chi connectivity index (χ1) is 9.38. The summed E-state index contributed by atoms with van der Waals surface area (Å²) in [6.45, 7) is 8.21. The number of benzene rings is 1. The molecular weight excluding hydrogens is 253 g/mol. The first-order valence-corrected chi connectivity index (χ1v) is 7.60. The van der Waals surface area contributed by atoms with Gasteiger partial charge in [-0.3, -0.25) is 0 Å². The van der Waals surface area contributed by atoms with E-state index in [1.807, 2.05) is 6.92 Å². The summed E-state index contributed by atoms with van der Waals surface area (Å²) >= 11 is 0. The highest BCUT2D eigenvalue weighted by Crippen LogP contribution is 2.34. The molecule has 0 aliphatic heterocycles. The first-order valence-electron chi connectivity index (χ1n) is 7.60. The average molecular weight is 279 g/mol. The minimum atomic E-state index is -0.222. The van der Waals surface area contributed by atoms with Crippen molar-refractivity contribution in [1.82, 2.24) is 0 Å². The maximum Gasteiger partial charge on any atom is 0.126 e. The topological polar surface area (TPSA) is 35.2 Å². The van der Waals surface area contributed by atoms with Gasteiger partial charge in [-0.05, 0) is 62.6 Å². The number of aryl methyl sites for hydroxylation is 1. The molecule has 1 aromatic carbocycles. The van der Waals surface area contributed by atoms with E-state index in [0.717, 1.165) is 30.1 Å². The van der Waals surface area contributed by atoms with Gasteiger partial charge in [-0.25, -0.2) is 4.39 Å². The van der Waals surface area contributed by atoms with E-state index in [1.54, 1.807) is 13.0 Å². The number of rotatable bonds is 3. The standard InChI is InChI=1S/C17H26FNO/c1-10-5-6-14(7-11(10)2)20-17-8-12(3)16(18)9-15(17)13(4)19/h8-11,13-14H,5-7,19H2,1-4H3/t10?,11?,13-,14?/m0/s1. The normalized spacial score (nSPS) is 28.2. The minimum Gasteiger partial charge on any atom is -0.490 e. The summed E-state index contributed by atoms with van der Waals surface area (Å²) < 4.78 is 19.9. The summed E-state index contributed by atoms with van der Waals surface area (Å²) in [7, 11) is 0. The molecule has 112 valence electrons. The van der Waals surface area contributed by atoms with E-state index in [4.69, 9.17) is 10.5 Å². The van der Waals surface area contributed by atoms with Gasteiger partial charge >= 0.3 is 0 Å². The van der Waals surface area contributed by atoms with Crippen LogP contribution in [-0.4, -0.2) is 6.10 Å². The van der Waals surface area contributed by atoms with Gasteiger partial charge in [-0.1, -0.05) is 13.8 Å². The van der Waals surface area contributed by atoms with Gasteiger partial charge in [0, 0.05) is 11.6 Å². The molecule has 3 unspecified atom stereocenters. The summed E-state index contributed by atoms with van der Waals surface area (Å²) in [5.74, 6) is 1.98. The molecule has 2 nitrogen and oxygen atoms in total. The molecule has 0 radical (unpaired) electrons. The van der Waals surface area contributed by atoms with Crippen molar-refractivity contribution in [1.29, 1.82) is 0 Å². The number of hydrogen-bond acceptors (Lipinski definition) is 2. The fourth-order valence-corrected chi connectivity index (χ4v) is 2.91. The molecular formula is C17H26FNO. The van der Waals surface area contributed by atoms with Gasteiger partial charge in [0.25, 0.3) is 0 Å². The molecule has 1 aliphatic rings. The van der Waals surface area contributed by atoms with E-state index >= 15 is 0 Å². The lowest BCUT2D eigenvalue weighted by Crippen LogP contribution is -2.29. The van der Waals surface area contributed by atoms with Gasteiger partial charge < -0.3 is 10.5 Å². The van der Waals surface area contributed by atoms with Crippen molar-refractivity contribution in [3.05, 3.63) is 29.1 Å². The van der Waals surface area contributed by atoms with Gasteiger partial charge in [0.15, 0.2) is 0 Å². The van der Waals surface area contributed by atoms with Gasteiger partial charge in [-0.15, -0.1) is 0 Å². The first kappa shape index (κ1) is 15.3. The summed E-state index contributed by atoms with van der Waals surface area (Å²) in [5, 5.41) is 0. The van der Waals surface area contributed by atoms with Crippen LogP contribution in [0.3, 0.4) is 0 Å². The van der Waals surface area contributed by atoms with Crippen molar-refractivity contribution < 1.29 is 9.13 Å². The lowest BCUT2D eigenvalue weighted by atomic mass is 9.80. The maximum absolute atomic E-state index is 13.7. The predicted octanol–water partition coefficient (Wildman–Crippen LogP) is 4.36. The monoisotopic (exact) mass is 279 g/mol. The van der Waals surface area contributed by atoms with Crippen molar-refractivity contribution in [2.45, 2.75) is 59.1 Å².